The standard InChI is InChI=1S/C18H17N5O2/c1-3-16-20-14-8-10(17(24)19-2)4-7-15(14)23(16)11-5-6-12-13(9-11)22-18(25)21-12/h4-9,11H,3H2,1-2H3,(H,19,24)(H,22,25). The van der Waals surface area contributed by atoms with E-state index in [1.54, 1.807) is 19.2 Å². The Balaban J connectivity index is 1.82. The molecule has 1 unspecified atom stereocenters. The zero-order chi connectivity index (χ0) is 17.6. The zero-order valence-electron chi connectivity index (χ0n) is 13.9. The molecule has 0 fully saturated rings. The number of allylic oxidation sites excluding steroid dienone is 3. The number of nitrogens with zero attached hydrogens (tertiary/aromatic N) is 3. The molecule has 0 radical (unpaired) electrons. The molecule has 1 aliphatic heterocycles. The van der Waals surface area contributed by atoms with E-state index < -0.39 is 0 Å². The van der Waals surface area contributed by atoms with Gasteiger partial charge in [0.15, 0.2) is 0 Å². The molecule has 25 heavy (non-hydrogen) atoms. The highest BCUT2D eigenvalue weighted by Gasteiger charge is 2.24. The fourth-order valence-corrected chi connectivity index (χ4v) is 3.22. The molecule has 0 spiro atoms. The van der Waals surface area contributed by atoms with E-state index in [4.69, 9.17) is 0 Å². The van der Waals surface area contributed by atoms with Crippen molar-refractivity contribution in [3.8, 4) is 0 Å². The van der Waals surface area contributed by atoms with Crippen molar-refractivity contribution in [3.05, 3.63) is 53.5 Å². The molecule has 0 bridgehead atoms. The Morgan fingerprint density at radius 3 is 3.00 bits per heavy atom. The average Bonchev–Trinajstić information content (AvgIpc) is 3.18. The van der Waals surface area contributed by atoms with Crippen LogP contribution in [0.4, 0.5) is 4.79 Å². The van der Waals surface area contributed by atoms with Crippen molar-refractivity contribution in [2.24, 2.45) is 4.99 Å². The molecule has 2 N–H and O–H groups in total. The summed E-state index contributed by atoms with van der Waals surface area (Å²) in [6, 6.07) is 5.09. The van der Waals surface area contributed by atoms with Crippen LogP contribution in [0.25, 0.3) is 11.0 Å². The van der Waals surface area contributed by atoms with Crippen LogP contribution < -0.4 is 10.6 Å². The number of urea groups is 1. The second kappa shape index (κ2) is 5.70. The third-order valence-corrected chi connectivity index (χ3v) is 4.39. The smallest absolute Gasteiger partial charge is 0.346 e. The van der Waals surface area contributed by atoms with Crippen molar-refractivity contribution in [3.63, 3.8) is 0 Å². The Hall–Kier alpha value is -3.22. The van der Waals surface area contributed by atoms with Crippen LogP contribution in [0.5, 0.6) is 0 Å². The molecule has 2 aliphatic rings. The molecule has 1 aromatic heterocycles. The number of aromatic nitrogens is 2. The number of rotatable bonds is 3. The Morgan fingerprint density at radius 1 is 1.40 bits per heavy atom. The minimum absolute atomic E-state index is 0.0712. The van der Waals surface area contributed by atoms with Crippen LogP contribution in [-0.2, 0) is 6.42 Å². The molecule has 3 amide bonds. The van der Waals surface area contributed by atoms with Crippen LogP contribution in [0.1, 0.15) is 29.1 Å². The van der Waals surface area contributed by atoms with Crippen LogP contribution >= 0.6 is 0 Å². The van der Waals surface area contributed by atoms with Crippen molar-refractivity contribution < 1.29 is 9.59 Å². The number of benzene rings is 1. The molecule has 7 nitrogen and oxygen atoms in total. The second-order valence-electron chi connectivity index (χ2n) is 5.89. The normalized spacial score (nSPS) is 18.6. The number of carbonyl (C=O) groups is 2. The maximum Gasteiger partial charge on any atom is 0.346 e. The van der Waals surface area contributed by atoms with Crippen LogP contribution in [-0.4, -0.2) is 34.2 Å². The van der Waals surface area contributed by atoms with E-state index in [9.17, 15) is 9.59 Å². The van der Waals surface area contributed by atoms with Crippen molar-refractivity contribution in [1.82, 2.24) is 20.2 Å². The quantitative estimate of drug-likeness (QED) is 0.900. The Kier molecular flexibility index (Phi) is 3.49. The van der Waals surface area contributed by atoms with Gasteiger partial charge in [-0.15, -0.1) is 0 Å². The molecule has 2 heterocycles. The third-order valence-electron chi connectivity index (χ3n) is 4.39. The number of nitrogens with one attached hydrogen (secondary N) is 2. The van der Waals surface area contributed by atoms with Gasteiger partial charge < -0.3 is 15.2 Å². The highest BCUT2D eigenvalue weighted by molar-refractivity contribution is 6.19. The van der Waals surface area contributed by atoms with Gasteiger partial charge in [-0.1, -0.05) is 13.0 Å². The number of carbonyl (C=O) groups excluding carboxylic acids is 2. The van der Waals surface area contributed by atoms with Crippen molar-refractivity contribution in [2.75, 3.05) is 7.05 Å². The van der Waals surface area contributed by atoms with E-state index in [1.807, 2.05) is 31.2 Å². The lowest BCUT2D eigenvalue weighted by molar-refractivity contribution is 0.0963. The number of aliphatic imine (C=N–C) groups is 1. The molecular weight excluding hydrogens is 318 g/mol. The summed E-state index contributed by atoms with van der Waals surface area (Å²) in [7, 11) is 1.61. The lowest BCUT2D eigenvalue weighted by Gasteiger charge is -2.19. The number of amides is 3. The third kappa shape index (κ3) is 2.44. The molecule has 2 aromatic rings. The summed E-state index contributed by atoms with van der Waals surface area (Å²) in [5.41, 5.74) is 3.69. The predicted octanol–water partition coefficient (Wildman–Crippen LogP) is 2.12. The first-order valence-corrected chi connectivity index (χ1v) is 8.13. The van der Waals surface area contributed by atoms with Gasteiger partial charge in [0, 0.05) is 19.0 Å². The van der Waals surface area contributed by atoms with Crippen LogP contribution in [0.15, 0.2) is 47.1 Å². The molecule has 0 saturated carbocycles. The van der Waals surface area contributed by atoms with E-state index in [0.29, 0.717) is 11.3 Å². The molecule has 126 valence electrons. The Labute approximate surface area is 144 Å². The van der Waals surface area contributed by atoms with Crippen molar-refractivity contribution in [1.29, 1.82) is 0 Å². The lowest BCUT2D eigenvalue weighted by atomic mass is 10.1. The molecule has 1 aliphatic carbocycles. The first-order chi connectivity index (χ1) is 12.1. The minimum atomic E-state index is -0.340. The molecule has 0 saturated heterocycles. The number of hydrogen-bond acceptors (Lipinski definition) is 3. The van der Waals surface area contributed by atoms with Crippen LogP contribution in [0.2, 0.25) is 0 Å². The minimum Gasteiger partial charge on any atom is -0.355 e. The van der Waals surface area contributed by atoms with Gasteiger partial charge in [-0.25, -0.2) is 9.78 Å². The van der Waals surface area contributed by atoms with E-state index in [-0.39, 0.29) is 18.0 Å². The van der Waals surface area contributed by atoms with E-state index in [2.05, 4.69) is 25.2 Å². The van der Waals surface area contributed by atoms with Crippen LogP contribution in [0.3, 0.4) is 0 Å². The summed E-state index contributed by atoms with van der Waals surface area (Å²) in [6.45, 7) is 2.04. The maximum absolute atomic E-state index is 11.9. The van der Waals surface area contributed by atoms with Gasteiger partial charge in [-0.3, -0.25) is 4.79 Å². The molecule has 4 rings (SSSR count). The Bertz CT molecular complexity index is 996. The van der Waals surface area contributed by atoms with Crippen LogP contribution in [0, 0.1) is 0 Å². The molecular formula is C18H17N5O2. The Morgan fingerprint density at radius 2 is 2.24 bits per heavy atom. The molecule has 7 heteroatoms. The monoisotopic (exact) mass is 335 g/mol. The molecule has 1 atom stereocenters. The predicted molar refractivity (Wildman–Crippen MR) is 94.7 cm³/mol. The lowest BCUT2D eigenvalue weighted by Crippen LogP contribution is -2.19. The maximum atomic E-state index is 11.9. The topological polar surface area (TPSA) is 88.4 Å². The average molecular weight is 335 g/mol. The largest absolute Gasteiger partial charge is 0.355 e. The van der Waals surface area contributed by atoms with Gasteiger partial charge >= 0.3 is 6.03 Å². The van der Waals surface area contributed by atoms with Crippen molar-refractivity contribution in [2.45, 2.75) is 19.4 Å². The first kappa shape index (κ1) is 15.3. The van der Waals surface area contributed by atoms with Gasteiger partial charge in [-0.2, -0.15) is 4.99 Å². The van der Waals surface area contributed by atoms with E-state index >= 15 is 0 Å². The zero-order valence-corrected chi connectivity index (χ0v) is 13.9. The van der Waals surface area contributed by atoms with Gasteiger partial charge in [0.25, 0.3) is 5.91 Å². The van der Waals surface area contributed by atoms with Gasteiger partial charge in [0.1, 0.15) is 5.82 Å². The summed E-state index contributed by atoms with van der Waals surface area (Å²) in [5.74, 6) is 0.781. The van der Waals surface area contributed by atoms with E-state index in [1.165, 1.54) is 0 Å². The number of imidazole rings is 1. The SMILES string of the molecule is CCc1nc2cc(C(=O)NC)ccc2n1C1C=CC2=NC(=O)NC2=C1. The fraction of sp³-hybridized carbons (Fsp3) is 0.222. The van der Waals surface area contributed by atoms with Gasteiger partial charge in [0.05, 0.1) is 28.5 Å². The summed E-state index contributed by atoms with van der Waals surface area (Å²) >= 11 is 0. The number of aryl methyl sites for hydroxylation is 1. The first-order valence-electron chi connectivity index (χ1n) is 8.13. The van der Waals surface area contributed by atoms with Gasteiger partial charge in [0.2, 0.25) is 0 Å². The summed E-state index contributed by atoms with van der Waals surface area (Å²) in [4.78, 5) is 31.9. The van der Waals surface area contributed by atoms with E-state index in [0.717, 1.165) is 29.0 Å². The van der Waals surface area contributed by atoms with Gasteiger partial charge in [-0.05, 0) is 30.4 Å². The summed E-state index contributed by atoms with van der Waals surface area (Å²) in [6.07, 6.45) is 6.57. The van der Waals surface area contributed by atoms with Crippen molar-refractivity contribution >= 4 is 28.7 Å². The number of fused-ring (bicyclic) bond motifs is 2. The number of hydrogen-bond donors (Lipinski definition) is 2. The fourth-order valence-electron chi connectivity index (χ4n) is 3.22. The second-order valence-corrected chi connectivity index (χ2v) is 5.89. The highest BCUT2D eigenvalue weighted by Crippen LogP contribution is 2.28. The summed E-state index contributed by atoms with van der Waals surface area (Å²) in [5, 5.41) is 5.37. The highest BCUT2D eigenvalue weighted by atomic mass is 16.2. The molecule has 1 aromatic carbocycles. The summed E-state index contributed by atoms with van der Waals surface area (Å²) < 4.78 is 2.12.